The summed E-state index contributed by atoms with van der Waals surface area (Å²) in [5, 5.41) is 0.250. The molecule has 3 fully saturated rings. The van der Waals surface area contributed by atoms with Gasteiger partial charge in [-0.25, -0.2) is 0 Å². The van der Waals surface area contributed by atoms with Crippen molar-refractivity contribution in [1.29, 1.82) is 0 Å². The monoisotopic (exact) mass is 327 g/mol. The molecule has 0 bridgehead atoms. The summed E-state index contributed by atoms with van der Waals surface area (Å²) in [6.45, 7) is 17.9. The van der Waals surface area contributed by atoms with Crippen LogP contribution in [0.2, 0.25) is 18.1 Å². The third-order valence-electron chi connectivity index (χ3n) is 5.96. The largest absolute Gasteiger partial charge is 0.412 e. The lowest BCUT2D eigenvalue weighted by atomic mass is 9.97. The number of fused-ring (bicyclic) bond motifs is 3. The van der Waals surface area contributed by atoms with Gasteiger partial charge >= 0.3 is 0 Å². The molecule has 0 aliphatic carbocycles. The molecular weight excluding hydrogens is 294 g/mol. The summed E-state index contributed by atoms with van der Waals surface area (Å²) < 4.78 is 19.1. The molecule has 128 valence electrons. The summed E-state index contributed by atoms with van der Waals surface area (Å²) in [4.78, 5) is 2.55. The minimum atomic E-state index is -1.75. The van der Waals surface area contributed by atoms with Crippen LogP contribution in [-0.4, -0.2) is 56.4 Å². The van der Waals surface area contributed by atoms with Gasteiger partial charge in [-0.05, 0) is 51.4 Å². The molecular formula is C17H33NO3Si. The number of rotatable bonds is 2. The van der Waals surface area contributed by atoms with Gasteiger partial charge in [0.25, 0.3) is 0 Å². The quantitative estimate of drug-likeness (QED) is 0.728. The lowest BCUT2D eigenvalue weighted by molar-refractivity contribution is -0.169. The van der Waals surface area contributed by atoms with Crippen LogP contribution in [0.3, 0.4) is 0 Å². The van der Waals surface area contributed by atoms with E-state index in [0.717, 1.165) is 19.5 Å². The fourth-order valence-corrected chi connectivity index (χ4v) is 5.26. The molecule has 5 heteroatoms. The molecule has 0 spiro atoms. The van der Waals surface area contributed by atoms with Crippen molar-refractivity contribution in [3.05, 3.63) is 0 Å². The van der Waals surface area contributed by atoms with Crippen LogP contribution >= 0.6 is 0 Å². The van der Waals surface area contributed by atoms with Crippen molar-refractivity contribution in [2.24, 2.45) is 0 Å². The van der Waals surface area contributed by atoms with Crippen LogP contribution in [0, 0.1) is 0 Å². The van der Waals surface area contributed by atoms with E-state index in [9.17, 15) is 0 Å². The first-order valence-electron chi connectivity index (χ1n) is 8.78. The van der Waals surface area contributed by atoms with Gasteiger partial charge in [0.2, 0.25) is 0 Å². The summed E-state index contributed by atoms with van der Waals surface area (Å²) in [6.07, 6.45) is 3.05. The third kappa shape index (κ3) is 2.91. The maximum atomic E-state index is 6.80. The number of hydrogen-bond acceptors (Lipinski definition) is 4. The zero-order valence-electron chi connectivity index (χ0n) is 15.3. The van der Waals surface area contributed by atoms with Gasteiger partial charge in [-0.1, -0.05) is 20.8 Å². The van der Waals surface area contributed by atoms with E-state index in [0.29, 0.717) is 12.1 Å². The highest BCUT2D eigenvalue weighted by atomic mass is 28.4. The maximum Gasteiger partial charge on any atom is 0.192 e. The van der Waals surface area contributed by atoms with Gasteiger partial charge in [-0.15, -0.1) is 0 Å². The zero-order chi connectivity index (χ0) is 16.3. The Morgan fingerprint density at radius 1 is 1.18 bits per heavy atom. The molecule has 0 aromatic rings. The van der Waals surface area contributed by atoms with Crippen LogP contribution in [0.5, 0.6) is 0 Å². The predicted octanol–water partition coefficient (Wildman–Crippen LogP) is 3.37. The van der Waals surface area contributed by atoms with Crippen molar-refractivity contribution in [1.82, 2.24) is 4.90 Å². The first-order valence-corrected chi connectivity index (χ1v) is 11.7. The Balaban J connectivity index is 1.78. The lowest BCUT2D eigenvalue weighted by Gasteiger charge is -2.45. The second-order valence-electron chi connectivity index (χ2n) is 9.18. The van der Waals surface area contributed by atoms with Gasteiger partial charge < -0.3 is 13.9 Å². The smallest absolute Gasteiger partial charge is 0.192 e. The summed E-state index contributed by atoms with van der Waals surface area (Å²) in [5.74, 6) is -0.444. The number of piperidine rings is 1. The van der Waals surface area contributed by atoms with E-state index in [1.807, 2.05) is 13.8 Å². The SMILES string of the molecule is CC1(C)O[C@H]2[C@H]3[C@@H](O[Si](C)(C)C(C)(C)C)CCCN3C[C@H]2O1. The average molecular weight is 328 g/mol. The van der Waals surface area contributed by atoms with Gasteiger partial charge in [0.15, 0.2) is 14.1 Å². The fraction of sp³-hybridized carbons (Fsp3) is 1.00. The molecule has 3 saturated heterocycles. The second-order valence-corrected chi connectivity index (χ2v) is 13.9. The van der Waals surface area contributed by atoms with Crippen LogP contribution in [0.25, 0.3) is 0 Å². The molecule has 0 N–H and O–H groups in total. The van der Waals surface area contributed by atoms with Crippen LogP contribution in [-0.2, 0) is 13.9 Å². The van der Waals surface area contributed by atoms with Crippen molar-refractivity contribution in [2.45, 2.75) is 95.7 Å². The second kappa shape index (κ2) is 5.28. The number of ether oxygens (including phenoxy) is 2. The lowest BCUT2D eigenvalue weighted by Crippen LogP contribution is -2.55. The van der Waals surface area contributed by atoms with E-state index < -0.39 is 14.1 Å². The number of nitrogens with zero attached hydrogens (tertiary/aromatic N) is 1. The van der Waals surface area contributed by atoms with Crippen LogP contribution in [0.1, 0.15) is 47.5 Å². The molecule has 22 heavy (non-hydrogen) atoms. The van der Waals surface area contributed by atoms with Crippen molar-refractivity contribution in [3.8, 4) is 0 Å². The molecule has 3 aliphatic rings. The van der Waals surface area contributed by atoms with Gasteiger partial charge in [0.05, 0.1) is 12.1 Å². The van der Waals surface area contributed by atoms with Crippen LogP contribution < -0.4 is 0 Å². The van der Waals surface area contributed by atoms with Gasteiger partial charge in [-0.2, -0.15) is 0 Å². The topological polar surface area (TPSA) is 30.9 Å². The Kier molecular flexibility index (Phi) is 4.06. The summed E-state index contributed by atoms with van der Waals surface area (Å²) >= 11 is 0. The molecule has 0 radical (unpaired) electrons. The van der Waals surface area contributed by atoms with E-state index in [-0.39, 0.29) is 17.2 Å². The van der Waals surface area contributed by atoms with Crippen molar-refractivity contribution in [3.63, 3.8) is 0 Å². The van der Waals surface area contributed by atoms with Gasteiger partial charge in [-0.3, -0.25) is 4.90 Å². The Morgan fingerprint density at radius 2 is 1.86 bits per heavy atom. The van der Waals surface area contributed by atoms with Crippen molar-refractivity contribution in [2.75, 3.05) is 13.1 Å². The minimum Gasteiger partial charge on any atom is -0.412 e. The van der Waals surface area contributed by atoms with Gasteiger partial charge in [0, 0.05) is 6.54 Å². The molecule has 3 aliphatic heterocycles. The highest BCUT2D eigenvalue weighted by Gasteiger charge is 2.56. The molecule has 3 rings (SSSR count). The van der Waals surface area contributed by atoms with E-state index in [1.165, 1.54) is 6.42 Å². The van der Waals surface area contributed by atoms with E-state index in [4.69, 9.17) is 13.9 Å². The normalized spacial score (nSPS) is 38.9. The molecule has 3 heterocycles. The van der Waals surface area contributed by atoms with Crippen molar-refractivity contribution < 1.29 is 13.9 Å². The first-order chi connectivity index (χ1) is 10.0. The standard InChI is InChI=1S/C17H33NO3Si/c1-16(2,3)22(6,7)21-12-9-8-10-18-11-13-15(14(12)18)20-17(4,5)19-13/h12-15H,8-11H2,1-7H3/t12-,13+,14+,15+/m0/s1. The Labute approximate surface area is 136 Å². The van der Waals surface area contributed by atoms with E-state index in [1.54, 1.807) is 0 Å². The molecule has 0 amide bonds. The predicted molar refractivity (Wildman–Crippen MR) is 90.5 cm³/mol. The Bertz CT molecular complexity index is 432. The number of hydrogen-bond donors (Lipinski definition) is 0. The van der Waals surface area contributed by atoms with E-state index >= 15 is 0 Å². The average Bonchev–Trinajstić information content (AvgIpc) is 2.78. The molecule has 4 nitrogen and oxygen atoms in total. The van der Waals surface area contributed by atoms with Crippen molar-refractivity contribution >= 4 is 8.32 Å². The highest BCUT2D eigenvalue weighted by molar-refractivity contribution is 6.74. The third-order valence-corrected chi connectivity index (χ3v) is 10.5. The molecule has 0 aromatic heterocycles. The maximum absolute atomic E-state index is 6.80. The minimum absolute atomic E-state index is 0.171. The van der Waals surface area contributed by atoms with Gasteiger partial charge in [0.1, 0.15) is 12.2 Å². The molecule has 0 aromatic carbocycles. The van der Waals surface area contributed by atoms with Crippen LogP contribution in [0.15, 0.2) is 0 Å². The summed E-state index contributed by atoms with van der Waals surface area (Å²) in [7, 11) is -1.75. The summed E-state index contributed by atoms with van der Waals surface area (Å²) in [5.41, 5.74) is 0. The zero-order valence-corrected chi connectivity index (χ0v) is 16.3. The first kappa shape index (κ1) is 16.9. The highest BCUT2D eigenvalue weighted by Crippen LogP contribution is 2.44. The molecule has 0 unspecified atom stereocenters. The van der Waals surface area contributed by atoms with E-state index in [2.05, 4.69) is 38.8 Å². The molecule has 4 atom stereocenters. The molecule has 0 saturated carbocycles. The Morgan fingerprint density at radius 3 is 2.50 bits per heavy atom. The summed E-state index contributed by atoms with van der Waals surface area (Å²) in [6, 6.07) is 0.370. The Hall–Kier alpha value is 0.0569. The van der Waals surface area contributed by atoms with Crippen LogP contribution in [0.4, 0.5) is 0 Å². The fourth-order valence-electron chi connectivity index (χ4n) is 3.89.